The van der Waals surface area contributed by atoms with E-state index in [4.69, 9.17) is 10.8 Å². The van der Waals surface area contributed by atoms with E-state index in [9.17, 15) is 9.18 Å². The van der Waals surface area contributed by atoms with Crippen LogP contribution in [0.3, 0.4) is 0 Å². The first-order valence-corrected chi connectivity index (χ1v) is 8.60. The number of thiazole rings is 1. The fraction of sp³-hybridized carbons (Fsp3) is 0.200. The molecule has 1 aliphatic rings. The Kier molecular flexibility index (Phi) is 3.24. The van der Waals surface area contributed by atoms with Crippen molar-refractivity contribution in [1.29, 1.82) is 0 Å². The van der Waals surface area contributed by atoms with Gasteiger partial charge in [-0.2, -0.15) is 0 Å². The maximum absolute atomic E-state index is 13.3. The number of hydrogen-bond donors (Lipinski definition) is 2. The Bertz CT molecular complexity index is 934. The second-order valence-electron chi connectivity index (χ2n) is 5.33. The lowest BCUT2D eigenvalue weighted by Gasteiger charge is -2.24. The maximum atomic E-state index is 13.3. The summed E-state index contributed by atoms with van der Waals surface area (Å²) in [6, 6.07) is 4.55. The third-order valence-electron chi connectivity index (χ3n) is 3.92. The Morgan fingerprint density at radius 1 is 1.39 bits per heavy atom. The molecule has 0 spiro atoms. The van der Waals surface area contributed by atoms with Gasteiger partial charge in [0.05, 0.1) is 21.8 Å². The van der Waals surface area contributed by atoms with Crippen molar-refractivity contribution in [2.24, 2.45) is 0 Å². The number of rotatable bonds is 1. The van der Waals surface area contributed by atoms with Gasteiger partial charge in [-0.15, -0.1) is 22.7 Å². The summed E-state index contributed by atoms with van der Waals surface area (Å²) in [5.74, 6) is -0.313. The quantitative estimate of drug-likeness (QED) is 0.701. The highest BCUT2D eigenvalue weighted by Gasteiger charge is 2.27. The summed E-state index contributed by atoms with van der Waals surface area (Å²) in [6.07, 6.45) is -0.297. The first-order chi connectivity index (χ1) is 11.0. The Labute approximate surface area is 138 Å². The molecule has 1 aromatic carbocycles. The molecule has 0 saturated carbocycles. The van der Waals surface area contributed by atoms with E-state index in [1.807, 2.05) is 0 Å². The molecule has 3 aromatic rings. The van der Waals surface area contributed by atoms with Gasteiger partial charge in [0.25, 0.3) is 0 Å². The third kappa shape index (κ3) is 2.34. The number of halogens is 1. The zero-order valence-electron chi connectivity index (χ0n) is 11.9. The normalized spacial score (nSPS) is 14.2. The molecule has 3 heterocycles. The van der Waals surface area contributed by atoms with E-state index in [0.717, 1.165) is 25.7 Å². The molecule has 0 fully saturated rings. The van der Waals surface area contributed by atoms with Gasteiger partial charge in [0.15, 0.2) is 0 Å². The predicted molar refractivity (Wildman–Crippen MR) is 89.4 cm³/mol. The van der Waals surface area contributed by atoms with E-state index >= 15 is 0 Å². The van der Waals surface area contributed by atoms with Gasteiger partial charge in [0.2, 0.25) is 0 Å². The summed E-state index contributed by atoms with van der Waals surface area (Å²) in [5, 5.41) is 10.5. The van der Waals surface area contributed by atoms with Gasteiger partial charge in [0, 0.05) is 23.1 Å². The topological polar surface area (TPSA) is 79.5 Å². The van der Waals surface area contributed by atoms with Gasteiger partial charge in [0.1, 0.15) is 10.8 Å². The van der Waals surface area contributed by atoms with Crippen LogP contribution in [0.4, 0.5) is 14.2 Å². The molecule has 0 unspecified atom stereocenters. The van der Waals surface area contributed by atoms with Gasteiger partial charge in [-0.3, -0.25) is 0 Å². The van der Waals surface area contributed by atoms with Crippen LogP contribution in [0.1, 0.15) is 10.4 Å². The molecule has 118 valence electrons. The van der Waals surface area contributed by atoms with E-state index in [-0.39, 0.29) is 5.82 Å². The minimum absolute atomic E-state index is 0.313. The fourth-order valence-corrected chi connectivity index (χ4v) is 5.06. The largest absolute Gasteiger partial charge is 0.465 e. The zero-order chi connectivity index (χ0) is 16.1. The molecule has 2 aromatic heterocycles. The molecule has 0 saturated heterocycles. The van der Waals surface area contributed by atoms with Gasteiger partial charge in [-0.05, 0) is 24.1 Å². The number of hydrogen-bond acceptors (Lipinski definition) is 5. The minimum Gasteiger partial charge on any atom is -0.465 e. The van der Waals surface area contributed by atoms with Crippen LogP contribution >= 0.6 is 22.7 Å². The lowest BCUT2D eigenvalue weighted by Crippen LogP contribution is -2.34. The van der Waals surface area contributed by atoms with E-state index in [1.165, 1.54) is 39.7 Å². The van der Waals surface area contributed by atoms with E-state index in [2.05, 4.69) is 4.98 Å². The number of nitrogen functional groups attached to an aromatic ring is 1. The Morgan fingerprint density at radius 2 is 2.22 bits per heavy atom. The highest BCUT2D eigenvalue weighted by Crippen LogP contribution is 2.44. The van der Waals surface area contributed by atoms with E-state index < -0.39 is 6.09 Å². The summed E-state index contributed by atoms with van der Waals surface area (Å²) < 4.78 is 14.2. The second-order valence-corrected chi connectivity index (χ2v) is 7.50. The van der Waals surface area contributed by atoms with Crippen LogP contribution in [-0.2, 0) is 13.0 Å². The van der Waals surface area contributed by atoms with Crippen molar-refractivity contribution in [2.75, 3.05) is 12.3 Å². The molecule has 0 aliphatic carbocycles. The Morgan fingerprint density at radius 3 is 3.00 bits per heavy atom. The van der Waals surface area contributed by atoms with Crippen molar-refractivity contribution >= 4 is 44.0 Å². The van der Waals surface area contributed by atoms with Crippen molar-refractivity contribution in [3.05, 3.63) is 34.5 Å². The van der Waals surface area contributed by atoms with E-state index in [1.54, 1.807) is 6.07 Å². The minimum atomic E-state index is -0.917. The van der Waals surface area contributed by atoms with Crippen LogP contribution in [0.5, 0.6) is 0 Å². The first kappa shape index (κ1) is 14.4. The third-order valence-corrected chi connectivity index (χ3v) is 6.02. The SMILES string of the molecule is Nc1sc2c(c1-c1nc3cc(F)ccc3s1)CCN(C(=O)O)C2. The molecule has 4 rings (SSSR count). The van der Waals surface area contributed by atoms with Crippen LogP contribution in [0, 0.1) is 5.82 Å². The maximum Gasteiger partial charge on any atom is 0.407 e. The number of nitrogens with zero attached hydrogens (tertiary/aromatic N) is 2. The number of amides is 1. The molecule has 0 atom stereocenters. The second kappa shape index (κ2) is 5.17. The Balaban J connectivity index is 1.81. The van der Waals surface area contributed by atoms with Gasteiger partial charge in [-0.1, -0.05) is 0 Å². The van der Waals surface area contributed by atoms with Gasteiger partial charge in [-0.25, -0.2) is 14.2 Å². The first-order valence-electron chi connectivity index (χ1n) is 6.97. The van der Waals surface area contributed by atoms with Crippen LogP contribution in [0.2, 0.25) is 0 Å². The lowest BCUT2D eigenvalue weighted by molar-refractivity contribution is 0.140. The highest BCUT2D eigenvalue weighted by molar-refractivity contribution is 7.22. The average Bonchev–Trinajstić information content (AvgIpc) is 3.04. The molecule has 0 radical (unpaired) electrons. The van der Waals surface area contributed by atoms with Crippen molar-refractivity contribution < 1.29 is 14.3 Å². The molecule has 5 nitrogen and oxygen atoms in total. The number of aromatic nitrogens is 1. The van der Waals surface area contributed by atoms with Crippen LogP contribution in [-0.4, -0.2) is 27.6 Å². The number of thiophene rings is 1. The summed E-state index contributed by atoms with van der Waals surface area (Å²) in [6.45, 7) is 0.810. The van der Waals surface area contributed by atoms with Crippen LogP contribution < -0.4 is 5.73 Å². The highest BCUT2D eigenvalue weighted by atomic mass is 32.1. The van der Waals surface area contributed by atoms with E-state index in [0.29, 0.717) is 30.0 Å². The molecule has 3 N–H and O–H groups in total. The fourth-order valence-electron chi connectivity index (χ4n) is 2.83. The number of fused-ring (bicyclic) bond motifs is 2. The smallest absolute Gasteiger partial charge is 0.407 e. The predicted octanol–water partition coefficient (Wildman–Crippen LogP) is 3.78. The lowest BCUT2D eigenvalue weighted by atomic mass is 10.0. The van der Waals surface area contributed by atoms with Crippen molar-refractivity contribution in [3.8, 4) is 10.6 Å². The standard InChI is InChI=1S/C15H12FN3O2S2/c16-7-1-2-10-9(5-7)18-14(23-10)12-8-3-4-19(15(20)21)6-11(8)22-13(12)17/h1-2,5H,3-4,6,17H2,(H,20,21). The van der Waals surface area contributed by atoms with Crippen molar-refractivity contribution in [2.45, 2.75) is 13.0 Å². The molecule has 1 amide bonds. The molecule has 1 aliphatic heterocycles. The summed E-state index contributed by atoms with van der Waals surface area (Å²) in [7, 11) is 0. The number of carboxylic acid groups (broad SMARTS) is 1. The molecule has 8 heteroatoms. The van der Waals surface area contributed by atoms with Crippen LogP contribution in [0.15, 0.2) is 18.2 Å². The van der Waals surface area contributed by atoms with Gasteiger partial charge < -0.3 is 15.7 Å². The van der Waals surface area contributed by atoms with Crippen LogP contribution in [0.25, 0.3) is 20.8 Å². The van der Waals surface area contributed by atoms with Gasteiger partial charge >= 0.3 is 6.09 Å². The van der Waals surface area contributed by atoms with Crippen molar-refractivity contribution in [1.82, 2.24) is 9.88 Å². The molecule has 23 heavy (non-hydrogen) atoms. The monoisotopic (exact) mass is 349 g/mol. The number of nitrogens with two attached hydrogens (primary N) is 1. The summed E-state index contributed by atoms with van der Waals surface area (Å²) in [5.41, 5.74) is 8.75. The summed E-state index contributed by atoms with van der Waals surface area (Å²) in [4.78, 5) is 18.0. The molecular weight excluding hydrogens is 337 g/mol. The summed E-state index contributed by atoms with van der Waals surface area (Å²) >= 11 is 2.89. The Hall–Kier alpha value is -2.19. The molecular formula is C15H12FN3O2S2. The number of carbonyl (C=O) groups is 1. The zero-order valence-corrected chi connectivity index (χ0v) is 13.5. The number of anilines is 1. The average molecular weight is 349 g/mol. The number of benzene rings is 1. The molecule has 0 bridgehead atoms. The van der Waals surface area contributed by atoms with Crippen molar-refractivity contribution in [3.63, 3.8) is 0 Å².